The number of hydrogen-bond acceptors (Lipinski definition) is 3. The number of nitro groups is 1. The first-order valence-corrected chi connectivity index (χ1v) is 3.70. The van der Waals surface area contributed by atoms with Gasteiger partial charge in [0.1, 0.15) is 0 Å². The minimum atomic E-state index is -0.865. The van der Waals surface area contributed by atoms with E-state index in [1.807, 2.05) is 0 Å². The lowest BCUT2D eigenvalue weighted by Crippen LogP contribution is -3.00. The van der Waals surface area contributed by atoms with E-state index >= 15 is 0 Å². The standard InChI is InChI=1S/C6H15N3O2.ClH/c1-6(2-4-7,3-5-8)9(10)11;/h2-5,7-8H2,1H3;1H. The van der Waals surface area contributed by atoms with Crippen LogP contribution < -0.4 is 23.9 Å². The molecule has 5 nitrogen and oxygen atoms in total. The summed E-state index contributed by atoms with van der Waals surface area (Å²) in [6.45, 7) is 2.56. The van der Waals surface area contributed by atoms with Crippen molar-refractivity contribution in [1.82, 2.24) is 0 Å². The van der Waals surface area contributed by atoms with Crippen LogP contribution in [0.3, 0.4) is 0 Å². The molecule has 0 aliphatic carbocycles. The van der Waals surface area contributed by atoms with Gasteiger partial charge in [0.15, 0.2) is 0 Å². The topological polar surface area (TPSA) is 96.8 Å². The Morgan fingerprint density at radius 1 is 1.58 bits per heavy atom. The molecule has 1 unspecified atom stereocenters. The van der Waals surface area contributed by atoms with Gasteiger partial charge in [-0.3, -0.25) is 10.1 Å². The predicted molar refractivity (Wildman–Crippen MR) is 41.4 cm³/mol. The first-order valence-electron chi connectivity index (χ1n) is 3.70. The van der Waals surface area contributed by atoms with E-state index in [0.29, 0.717) is 25.9 Å². The van der Waals surface area contributed by atoms with Crippen molar-refractivity contribution in [1.29, 1.82) is 0 Å². The monoisotopic (exact) mass is 197 g/mol. The molecular formula is C6H16ClN3O2. The molecule has 74 valence electrons. The molecule has 0 spiro atoms. The number of hydrogen-bond donors (Lipinski definition) is 2. The molecule has 0 bridgehead atoms. The third kappa shape index (κ3) is 3.85. The molecule has 0 aromatic rings. The van der Waals surface area contributed by atoms with Gasteiger partial charge in [0, 0.05) is 18.3 Å². The molecule has 0 aliphatic heterocycles. The second-order valence-corrected chi connectivity index (χ2v) is 2.90. The number of rotatable bonds is 5. The third-order valence-electron chi connectivity index (χ3n) is 1.84. The summed E-state index contributed by atoms with van der Waals surface area (Å²) in [6, 6.07) is 0. The zero-order chi connectivity index (χ0) is 8.91. The zero-order valence-corrected chi connectivity index (χ0v) is 8.01. The summed E-state index contributed by atoms with van der Waals surface area (Å²) in [7, 11) is 0. The van der Waals surface area contributed by atoms with Gasteiger partial charge in [0.05, 0.1) is 13.0 Å². The first-order chi connectivity index (χ1) is 5.06. The number of nitrogens with two attached hydrogens (primary N) is 1. The van der Waals surface area contributed by atoms with E-state index in [-0.39, 0.29) is 17.3 Å². The minimum absolute atomic E-state index is 0. The SMILES string of the molecule is CC(CCN)(CC[NH3+])[N+](=O)[O-].[Cl-]. The van der Waals surface area contributed by atoms with Crippen molar-refractivity contribution in [2.45, 2.75) is 25.3 Å². The summed E-state index contributed by atoms with van der Waals surface area (Å²) in [5.74, 6) is 0. The fourth-order valence-electron chi connectivity index (χ4n) is 0.999. The van der Waals surface area contributed by atoms with Gasteiger partial charge in [-0.15, -0.1) is 0 Å². The van der Waals surface area contributed by atoms with Crippen molar-refractivity contribution >= 4 is 0 Å². The maximum atomic E-state index is 10.5. The van der Waals surface area contributed by atoms with Crippen molar-refractivity contribution < 1.29 is 23.1 Å². The van der Waals surface area contributed by atoms with Gasteiger partial charge in [-0.1, -0.05) is 0 Å². The zero-order valence-electron chi connectivity index (χ0n) is 7.25. The molecule has 0 amide bonds. The molecule has 6 heteroatoms. The van der Waals surface area contributed by atoms with E-state index in [4.69, 9.17) is 5.73 Å². The fraction of sp³-hybridized carbons (Fsp3) is 1.00. The molecule has 0 heterocycles. The van der Waals surface area contributed by atoms with E-state index in [0.717, 1.165) is 0 Å². The van der Waals surface area contributed by atoms with Crippen LogP contribution in [0.15, 0.2) is 0 Å². The van der Waals surface area contributed by atoms with Crippen LogP contribution in [-0.4, -0.2) is 23.6 Å². The Labute approximate surface area is 78.0 Å². The van der Waals surface area contributed by atoms with E-state index in [9.17, 15) is 10.1 Å². The highest BCUT2D eigenvalue weighted by atomic mass is 35.5. The van der Waals surface area contributed by atoms with Crippen LogP contribution in [0.5, 0.6) is 0 Å². The summed E-state index contributed by atoms with van der Waals surface area (Å²) in [6.07, 6.45) is 0.923. The Bertz CT molecular complexity index is 137. The highest BCUT2D eigenvalue weighted by Gasteiger charge is 2.35. The third-order valence-corrected chi connectivity index (χ3v) is 1.84. The maximum absolute atomic E-state index is 10.5. The van der Waals surface area contributed by atoms with Gasteiger partial charge in [0.2, 0.25) is 5.54 Å². The van der Waals surface area contributed by atoms with Crippen LogP contribution in [-0.2, 0) is 0 Å². The largest absolute Gasteiger partial charge is 1.00 e. The Morgan fingerprint density at radius 3 is 2.33 bits per heavy atom. The van der Waals surface area contributed by atoms with Crippen LogP contribution >= 0.6 is 0 Å². The molecular weight excluding hydrogens is 182 g/mol. The van der Waals surface area contributed by atoms with E-state index in [1.165, 1.54) is 0 Å². The molecule has 0 aromatic carbocycles. The van der Waals surface area contributed by atoms with Gasteiger partial charge in [0.25, 0.3) is 0 Å². The van der Waals surface area contributed by atoms with Crippen molar-refractivity contribution in [3.8, 4) is 0 Å². The quantitative estimate of drug-likeness (QED) is 0.347. The number of halogens is 1. The average Bonchev–Trinajstić information content (AvgIpc) is 1.88. The second kappa shape index (κ2) is 6.16. The number of nitrogens with zero attached hydrogens (tertiary/aromatic N) is 1. The highest BCUT2D eigenvalue weighted by molar-refractivity contribution is 4.73. The lowest BCUT2D eigenvalue weighted by Gasteiger charge is -2.17. The van der Waals surface area contributed by atoms with Crippen molar-refractivity contribution in [2.24, 2.45) is 5.73 Å². The summed E-state index contributed by atoms with van der Waals surface area (Å²) < 4.78 is 0. The smallest absolute Gasteiger partial charge is 0.226 e. The van der Waals surface area contributed by atoms with E-state index in [2.05, 4.69) is 5.73 Å². The fourth-order valence-corrected chi connectivity index (χ4v) is 0.999. The van der Waals surface area contributed by atoms with Crippen LogP contribution in [0.4, 0.5) is 0 Å². The molecule has 0 fully saturated rings. The normalized spacial score (nSPS) is 14.6. The molecule has 1 atom stereocenters. The van der Waals surface area contributed by atoms with Gasteiger partial charge >= 0.3 is 0 Å². The van der Waals surface area contributed by atoms with Crippen LogP contribution in [0.25, 0.3) is 0 Å². The average molecular weight is 198 g/mol. The highest BCUT2D eigenvalue weighted by Crippen LogP contribution is 2.16. The molecule has 0 rings (SSSR count). The van der Waals surface area contributed by atoms with Crippen molar-refractivity contribution in [2.75, 3.05) is 13.1 Å². The molecule has 0 radical (unpaired) electrons. The maximum Gasteiger partial charge on any atom is 0.226 e. The second-order valence-electron chi connectivity index (χ2n) is 2.90. The molecule has 0 saturated heterocycles. The molecule has 12 heavy (non-hydrogen) atoms. The minimum Gasteiger partial charge on any atom is -1.00 e. The molecule has 0 aromatic heterocycles. The van der Waals surface area contributed by atoms with E-state index < -0.39 is 5.54 Å². The van der Waals surface area contributed by atoms with Crippen LogP contribution in [0.1, 0.15) is 19.8 Å². The molecule has 0 aliphatic rings. The molecule has 0 saturated carbocycles. The lowest BCUT2D eigenvalue weighted by atomic mass is 9.95. The van der Waals surface area contributed by atoms with Gasteiger partial charge in [-0.05, 0) is 6.54 Å². The first kappa shape index (κ1) is 14.2. The predicted octanol–water partition coefficient (Wildman–Crippen LogP) is -3.99. The number of quaternary nitrogens is 1. The van der Waals surface area contributed by atoms with Crippen molar-refractivity contribution in [3.63, 3.8) is 0 Å². The summed E-state index contributed by atoms with van der Waals surface area (Å²) in [4.78, 5) is 10.3. The lowest BCUT2D eigenvalue weighted by molar-refractivity contribution is -0.573. The summed E-state index contributed by atoms with van der Waals surface area (Å²) in [5, 5.41) is 10.5. The molecule has 5 N–H and O–H groups in total. The Hall–Kier alpha value is -0.390. The Kier molecular flexibility index (Phi) is 7.27. The summed E-state index contributed by atoms with van der Waals surface area (Å²) >= 11 is 0. The van der Waals surface area contributed by atoms with Crippen LogP contribution in [0.2, 0.25) is 0 Å². The Balaban J connectivity index is 0. The Morgan fingerprint density at radius 2 is 2.08 bits per heavy atom. The van der Waals surface area contributed by atoms with Gasteiger partial charge in [-0.25, -0.2) is 0 Å². The van der Waals surface area contributed by atoms with Gasteiger partial charge < -0.3 is 23.9 Å². The summed E-state index contributed by atoms with van der Waals surface area (Å²) in [5.41, 5.74) is 7.98. The van der Waals surface area contributed by atoms with E-state index in [1.54, 1.807) is 6.92 Å². The van der Waals surface area contributed by atoms with Gasteiger partial charge in [-0.2, -0.15) is 0 Å². The van der Waals surface area contributed by atoms with Crippen LogP contribution in [0, 0.1) is 10.1 Å². The van der Waals surface area contributed by atoms with Crippen molar-refractivity contribution in [3.05, 3.63) is 10.1 Å².